The lowest BCUT2D eigenvalue weighted by atomic mass is 9.97. The molecule has 0 aliphatic heterocycles. The fourth-order valence-corrected chi connectivity index (χ4v) is 4.43. The van der Waals surface area contributed by atoms with Gasteiger partial charge in [-0.05, 0) is 44.2 Å². The quantitative estimate of drug-likeness (QED) is 0.462. The molecule has 1 aromatic heterocycles. The Morgan fingerprint density at radius 1 is 1.27 bits per heavy atom. The first kappa shape index (κ1) is 22.2. The van der Waals surface area contributed by atoms with Crippen molar-refractivity contribution in [3.05, 3.63) is 39.9 Å². The third-order valence-corrected chi connectivity index (χ3v) is 6.03. The first-order valence-electron chi connectivity index (χ1n) is 9.95. The number of hydrogen-bond donors (Lipinski definition) is 2. The number of aliphatic hydroxyl groups is 1. The lowest BCUT2D eigenvalue weighted by molar-refractivity contribution is -0.113. The summed E-state index contributed by atoms with van der Waals surface area (Å²) in [6, 6.07) is 5.17. The van der Waals surface area contributed by atoms with Crippen LogP contribution in [0.3, 0.4) is 0 Å². The molecule has 0 radical (unpaired) electrons. The van der Waals surface area contributed by atoms with Gasteiger partial charge in [-0.3, -0.25) is 9.36 Å². The van der Waals surface area contributed by atoms with Gasteiger partial charge in [0.05, 0.1) is 25.7 Å². The zero-order chi connectivity index (χ0) is 21.5. The lowest BCUT2D eigenvalue weighted by Gasteiger charge is -2.22. The van der Waals surface area contributed by atoms with E-state index in [-0.39, 0.29) is 24.0 Å². The van der Waals surface area contributed by atoms with Crippen molar-refractivity contribution in [2.24, 2.45) is 0 Å². The number of carbonyl (C=O) groups is 1. The monoisotopic (exact) mass is 433 g/mol. The number of hydrogen-bond acceptors (Lipinski definition) is 7. The lowest BCUT2D eigenvalue weighted by Crippen LogP contribution is -2.30. The zero-order valence-corrected chi connectivity index (χ0v) is 18.1. The second kappa shape index (κ2) is 10.5. The summed E-state index contributed by atoms with van der Waals surface area (Å²) in [5.41, 5.74) is 2.29. The highest BCUT2D eigenvalue weighted by molar-refractivity contribution is 8.00. The number of carbonyl (C=O) groups excluding carboxylic acids is 1. The van der Waals surface area contributed by atoms with Crippen LogP contribution in [0.4, 0.5) is 5.69 Å². The first-order valence-corrected chi connectivity index (χ1v) is 10.9. The number of nitrogens with zero attached hydrogens (tertiary/aromatic N) is 2. The molecule has 0 spiro atoms. The minimum Gasteiger partial charge on any atom is -0.497 e. The Labute approximate surface area is 179 Å². The van der Waals surface area contributed by atoms with Gasteiger partial charge in [0.1, 0.15) is 16.5 Å². The molecule has 0 saturated carbocycles. The van der Waals surface area contributed by atoms with Gasteiger partial charge in [0.25, 0.3) is 0 Å². The minimum atomic E-state index is -0.316. The van der Waals surface area contributed by atoms with Gasteiger partial charge in [0.2, 0.25) is 5.91 Å². The van der Waals surface area contributed by atoms with Gasteiger partial charge in [0, 0.05) is 30.5 Å². The Kier molecular flexibility index (Phi) is 7.75. The summed E-state index contributed by atoms with van der Waals surface area (Å²) in [7, 11) is 3.09. The van der Waals surface area contributed by atoms with E-state index < -0.39 is 0 Å². The molecule has 0 fully saturated rings. The van der Waals surface area contributed by atoms with Gasteiger partial charge in [-0.15, -0.1) is 0 Å². The molecule has 3 rings (SSSR count). The van der Waals surface area contributed by atoms with Gasteiger partial charge in [-0.2, -0.15) is 4.98 Å². The predicted octanol–water partition coefficient (Wildman–Crippen LogP) is 2.25. The Morgan fingerprint density at radius 2 is 2.07 bits per heavy atom. The molecule has 1 aliphatic rings. The molecule has 2 aromatic rings. The smallest absolute Gasteiger partial charge is 0.348 e. The van der Waals surface area contributed by atoms with Crippen LogP contribution < -0.4 is 20.5 Å². The van der Waals surface area contributed by atoms with E-state index in [1.807, 2.05) is 0 Å². The molecular weight excluding hydrogens is 406 g/mol. The summed E-state index contributed by atoms with van der Waals surface area (Å²) in [6.07, 6.45) is 4.25. The third kappa shape index (κ3) is 5.14. The summed E-state index contributed by atoms with van der Waals surface area (Å²) in [4.78, 5) is 29.3. The molecule has 2 N–H and O–H groups in total. The topological polar surface area (TPSA) is 103 Å². The van der Waals surface area contributed by atoms with Gasteiger partial charge >= 0.3 is 5.69 Å². The van der Waals surface area contributed by atoms with Crippen LogP contribution >= 0.6 is 11.8 Å². The molecular formula is C21H27N3O5S. The van der Waals surface area contributed by atoms with Crippen molar-refractivity contribution in [2.45, 2.75) is 43.7 Å². The maximum absolute atomic E-state index is 12.5. The van der Waals surface area contributed by atoms with Crippen molar-refractivity contribution in [1.29, 1.82) is 0 Å². The maximum atomic E-state index is 12.5. The van der Waals surface area contributed by atoms with Crippen LogP contribution in [-0.4, -0.2) is 47.1 Å². The number of thioether (sulfide) groups is 1. The van der Waals surface area contributed by atoms with Crippen LogP contribution in [0.5, 0.6) is 11.5 Å². The van der Waals surface area contributed by atoms with Gasteiger partial charge in [-0.1, -0.05) is 11.8 Å². The normalized spacial score (nSPS) is 12.9. The number of aromatic nitrogens is 2. The van der Waals surface area contributed by atoms with E-state index in [1.54, 1.807) is 29.9 Å². The molecule has 0 saturated heterocycles. The van der Waals surface area contributed by atoms with E-state index in [0.717, 1.165) is 36.9 Å². The molecule has 1 heterocycles. The van der Waals surface area contributed by atoms with E-state index >= 15 is 0 Å². The van der Waals surface area contributed by atoms with Crippen LogP contribution in [0.2, 0.25) is 0 Å². The Bertz CT molecular complexity index is 960. The van der Waals surface area contributed by atoms with Crippen molar-refractivity contribution in [2.75, 3.05) is 31.9 Å². The molecule has 162 valence electrons. The summed E-state index contributed by atoms with van der Waals surface area (Å²) in [6.45, 7) is 0.500. The van der Waals surface area contributed by atoms with Gasteiger partial charge in [0.15, 0.2) is 0 Å². The second-order valence-corrected chi connectivity index (χ2v) is 7.93. The van der Waals surface area contributed by atoms with E-state index in [1.165, 1.54) is 18.9 Å². The first-order chi connectivity index (χ1) is 14.6. The van der Waals surface area contributed by atoms with E-state index in [4.69, 9.17) is 14.6 Å². The molecule has 8 nitrogen and oxygen atoms in total. The van der Waals surface area contributed by atoms with Crippen LogP contribution in [0.25, 0.3) is 0 Å². The van der Waals surface area contributed by atoms with Crippen LogP contribution in [0.1, 0.15) is 30.5 Å². The molecule has 1 aliphatic carbocycles. The average molecular weight is 434 g/mol. The number of ether oxygens (including phenoxy) is 2. The Hall–Kier alpha value is -2.52. The van der Waals surface area contributed by atoms with Crippen LogP contribution in [0.15, 0.2) is 28.0 Å². The fourth-order valence-electron chi connectivity index (χ4n) is 3.55. The summed E-state index contributed by atoms with van der Waals surface area (Å²) >= 11 is 1.28. The number of fused-ring (bicyclic) bond motifs is 1. The van der Waals surface area contributed by atoms with Crippen LogP contribution in [0, 0.1) is 0 Å². The number of methoxy groups -OCH3 is 2. The number of aliphatic hydroxyl groups excluding tert-OH is 1. The highest BCUT2D eigenvalue weighted by atomic mass is 32.2. The van der Waals surface area contributed by atoms with E-state index in [0.29, 0.717) is 35.2 Å². The largest absolute Gasteiger partial charge is 0.497 e. The summed E-state index contributed by atoms with van der Waals surface area (Å²) < 4.78 is 12.2. The molecule has 0 atom stereocenters. The molecule has 1 amide bonds. The van der Waals surface area contributed by atoms with Crippen LogP contribution in [-0.2, 0) is 24.2 Å². The van der Waals surface area contributed by atoms with Crippen molar-refractivity contribution in [3.8, 4) is 11.5 Å². The van der Waals surface area contributed by atoms with Gasteiger partial charge < -0.3 is 19.9 Å². The highest BCUT2D eigenvalue weighted by Crippen LogP contribution is 2.31. The molecule has 9 heteroatoms. The van der Waals surface area contributed by atoms with Crippen molar-refractivity contribution >= 4 is 23.4 Å². The van der Waals surface area contributed by atoms with Gasteiger partial charge in [-0.25, -0.2) is 4.79 Å². The SMILES string of the molecule is COc1ccc(NC(=O)CSc2nc(=O)n(CCCO)c3c2CCCC3)c(OC)c1. The number of rotatable bonds is 9. The highest BCUT2D eigenvalue weighted by Gasteiger charge is 2.21. The third-order valence-electron chi connectivity index (χ3n) is 5.01. The number of anilines is 1. The molecule has 1 aromatic carbocycles. The minimum absolute atomic E-state index is 0.0344. The average Bonchev–Trinajstić information content (AvgIpc) is 2.77. The van der Waals surface area contributed by atoms with E-state index in [2.05, 4.69) is 10.3 Å². The summed E-state index contributed by atoms with van der Waals surface area (Å²) in [5, 5.41) is 12.6. The molecule has 30 heavy (non-hydrogen) atoms. The molecule has 0 unspecified atom stereocenters. The summed E-state index contributed by atoms with van der Waals surface area (Å²) in [5.74, 6) is 1.07. The number of nitrogens with one attached hydrogen (secondary N) is 1. The number of amides is 1. The maximum Gasteiger partial charge on any atom is 0.348 e. The fraction of sp³-hybridized carbons (Fsp3) is 0.476. The number of benzene rings is 1. The standard InChI is InChI=1S/C21H27N3O5S/c1-28-14-8-9-16(18(12-14)29-2)22-19(26)13-30-20-15-6-3-4-7-17(15)24(10-5-11-25)21(27)23-20/h8-9,12,25H,3-7,10-11,13H2,1-2H3,(H,22,26). The Balaban J connectivity index is 1.73. The van der Waals surface area contributed by atoms with Crippen molar-refractivity contribution in [1.82, 2.24) is 9.55 Å². The predicted molar refractivity (Wildman–Crippen MR) is 116 cm³/mol. The van der Waals surface area contributed by atoms with Crippen molar-refractivity contribution < 1.29 is 19.4 Å². The molecule has 0 bridgehead atoms. The Morgan fingerprint density at radius 3 is 2.80 bits per heavy atom. The van der Waals surface area contributed by atoms with Crippen molar-refractivity contribution in [3.63, 3.8) is 0 Å². The zero-order valence-electron chi connectivity index (χ0n) is 17.3. The second-order valence-electron chi connectivity index (χ2n) is 6.96. The van der Waals surface area contributed by atoms with E-state index in [9.17, 15) is 9.59 Å².